The number of aromatic nitrogens is 2. The van der Waals surface area contributed by atoms with Crippen LogP contribution in [0.15, 0.2) is 60.8 Å². The average Bonchev–Trinajstić information content (AvgIpc) is 2.72. The number of rotatable bonds is 5. The van der Waals surface area contributed by atoms with Crippen LogP contribution in [-0.2, 0) is 6.54 Å². The predicted molar refractivity (Wildman–Crippen MR) is 115 cm³/mol. The predicted octanol–water partition coefficient (Wildman–Crippen LogP) is 4.50. The first-order chi connectivity index (χ1) is 13.7. The highest BCUT2D eigenvalue weighted by Gasteiger charge is 2.18. The van der Waals surface area contributed by atoms with Gasteiger partial charge in [-0.3, -0.25) is 4.90 Å². The first-order valence-corrected chi connectivity index (χ1v) is 9.92. The summed E-state index contributed by atoms with van der Waals surface area (Å²) in [5, 5.41) is 4.03. The fraction of sp³-hybridized carbons (Fsp3) is 0.273. The maximum absolute atomic E-state index is 6.04. The summed E-state index contributed by atoms with van der Waals surface area (Å²) < 4.78 is 0. The summed E-state index contributed by atoms with van der Waals surface area (Å²) >= 11 is 6.04. The van der Waals surface area contributed by atoms with Crippen molar-refractivity contribution in [1.82, 2.24) is 14.9 Å². The largest absolute Gasteiger partial charge is 0.354 e. The average molecular weight is 394 g/mol. The van der Waals surface area contributed by atoms with E-state index in [0.717, 1.165) is 54.8 Å². The molecule has 0 unspecified atom stereocenters. The minimum Gasteiger partial charge on any atom is -0.354 e. The van der Waals surface area contributed by atoms with Crippen LogP contribution in [0, 0.1) is 6.92 Å². The molecule has 1 aliphatic heterocycles. The maximum Gasteiger partial charge on any atom is 0.229 e. The Kier molecular flexibility index (Phi) is 5.74. The zero-order valence-electron chi connectivity index (χ0n) is 16.0. The van der Waals surface area contributed by atoms with Gasteiger partial charge in [-0.1, -0.05) is 41.9 Å². The van der Waals surface area contributed by atoms with Crippen molar-refractivity contribution in [1.29, 1.82) is 0 Å². The van der Waals surface area contributed by atoms with Gasteiger partial charge in [-0.15, -0.1) is 0 Å². The lowest BCUT2D eigenvalue weighted by molar-refractivity contribution is 0.249. The number of hydrogen-bond acceptors (Lipinski definition) is 5. The third kappa shape index (κ3) is 4.61. The highest BCUT2D eigenvalue weighted by Crippen LogP contribution is 2.23. The number of halogens is 1. The molecule has 0 spiro atoms. The van der Waals surface area contributed by atoms with Crippen LogP contribution < -0.4 is 10.2 Å². The Hall–Kier alpha value is -2.63. The molecule has 0 atom stereocenters. The molecule has 4 rings (SSSR count). The summed E-state index contributed by atoms with van der Waals surface area (Å²) in [6, 6.07) is 18.4. The second-order valence-electron chi connectivity index (χ2n) is 7.07. The smallest absolute Gasteiger partial charge is 0.229 e. The van der Waals surface area contributed by atoms with E-state index in [4.69, 9.17) is 16.6 Å². The number of nitrogens with zero attached hydrogens (tertiary/aromatic N) is 4. The summed E-state index contributed by atoms with van der Waals surface area (Å²) in [5.74, 6) is 1.57. The topological polar surface area (TPSA) is 44.3 Å². The summed E-state index contributed by atoms with van der Waals surface area (Å²) in [5.41, 5.74) is 3.40. The minimum absolute atomic E-state index is 0.606. The van der Waals surface area contributed by atoms with Crippen molar-refractivity contribution in [3.63, 3.8) is 0 Å². The third-order valence-corrected chi connectivity index (χ3v) is 5.26. The van der Waals surface area contributed by atoms with Gasteiger partial charge in [-0.25, -0.2) is 4.98 Å². The second kappa shape index (κ2) is 8.59. The van der Waals surface area contributed by atoms with Crippen LogP contribution in [0.4, 0.5) is 17.5 Å². The van der Waals surface area contributed by atoms with Gasteiger partial charge in [0.1, 0.15) is 5.82 Å². The molecule has 1 aromatic heterocycles. The Bertz CT molecular complexity index is 923. The van der Waals surface area contributed by atoms with Crippen molar-refractivity contribution >= 4 is 29.1 Å². The molecule has 2 heterocycles. The van der Waals surface area contributed by atoms with Gasteiger partial charge in [0.15, 0.2) is 0 Å². The van der Waals surface area contributed by atoms with Crippen LogP contribution in [0.3, 0.4) is 0 Å². The molecule has 0 saturated carbocycles. The monoisotopic (exact) mass is 393 g/mol. The molecule has 0 aliphatic carbocycles. The van der Waals surface area contributed by atoms with Crippen molar-refractivity contribution in [2.75, 3.05) is 36.4 Å². The number of anilines is 3. The third-order valence-electron chi connectivity index (χ3n) is 5.02. The van der Waals surface area contributed by atoms with Crippen molar-refractivity contribution in [3.05, 3.63) is 76.9 Å². The molecule has 0 radical (unpaired) electrons. The van der Waals surface area contributed by atoms with Gasteiger partial charge in [0.05, 0.1) is 0 Å². The van der Waals surface area contributed by atoms with Crippen LogP contribution in [-0.4, -0.2) is 41.0 Å². The molecule has 6 heteroatoms. The fourth-order valence-electron chi connectivity index (χ4n) is 3.45. The molecule has 144 valence electrons. The zero-order valence-corrected chi connectivity index (χ0v) is 16.7. The minimum atomic E-state index is 0.606. The zero-order chi connectivity index (χ0) is 19.3. The van der Waals surface area contributed by atoms with Crippen LogP contribution in [0.25, 0.3) is 0 Å². The SMILES string of the molecule is Cc1cc(Cl)ccc1Nc1nccc(N2CCN(Cc3ccccc3)CC2)n1. The Labute approximate surface area is 171 Å². The van der Waals surface area contributed by atoms with Crippen molar-refractivity contribution in [2.45, 2.75) is 13.5 Å². The van der Waals surface area contributed by atoms with E-state index < -0.39 is 0 Å². The Morgan fingerprint density at radius 3 is 2.54 bits per heavy atom. The molecule has 3 aromatic rings. The summed E-state index contributed by atoms with van der Waals surface area (Å²) in [6.07, 6.45) is 1.81. The van der Waals surface area contributed by atoms with Gasteiger partial charge in [-0.05, 0) is 42.3 Å². The Balaban J connectivity index is 1.38. The van der Waals surface area contributed by atoms with Gasteiger partial charge in [0, 0.05) is 49.6 Å². The van der Waals surface area contributed by atoms with Crippen molar-refractivity contribution in [2.24, 2.45) is 0 Å². The van der Waals surface area contributed by atoms with E-state index in [1.807, 2.05) is 37.4 Å². The molecule has 28 heavy (non-hydrogen) atoms. The standard InChI is InChI=1S/C22H24ClN5/c1-17-15-19(23)7-8-20(17)25-22-24-10-9-21(26-22)28-13-11-27(12-14-28)16-18-5-3-2-4-6-18/h2-10,15H,11-14,16H2,1H3,(H,24,25,26). The van der Waals surface area contributed by atoms with Gasteiger partial charge in [-0.2, -0.15) is 4.98 Å². The Morgan fingerprint density at radius 1 is 1.00 bits per heavy atom. The summed E-state index contributed by atoms with van der Waals surface area (Å²) in [6.45, 7) is 6.99. The van der Waals surface area contributed by atoms with Gasteiger partial charge in [0.25, 0.3) is 0 Å². The number of nitrogens with one attached hydrogen (secondary N) is 1. The second-order valence-corrected chi connectivity index (χ2v) is 7.51. The lowest BCUT2D eigenvalue weighted by Gasteiger charge is -2.35. The molecule has 1 N–H and O–H groups in total. The number of aryl methyl sites for hydroxylation is 1. The van der Waals surface area contributed by atoms with E-state index in [9.17, 15) is 0 Å². The van der Waals surface area contributed by atoms with E-state index in [1.165, 1.54) is 5.56 Å². The molecular weight excluding hydrogens is 370 g/mol. The Morgan fingerprint density at radius 2 is 1.79 bits per heavy atom. The van der Waals surface area contributed by atoms with Gasteiger partial charge < -0.3 is 10.2 Å². The first-order valence-electron chi connectivity index (χ1n) is 9.55. The summed E-state index contributed by atoms with van der Waals surface area (Å²) in [7, 11) is 0. The fourth-order valence-corrected chi connectivity index (χ4v) is 3.68. The lowest BCUT2D eigenvalue weighted by Crippen LogP contribution is -2.46. The number of benzene rings is 2. The quantitative estimate of drug-likeness (QED) is 0.691. The van der Waals surface area contributed by atoms with Crippen molar-refractivity contribution in [3.8, 4) is 0 Å². The first kappa shape index (κ1) is 18.7. The molecule has 5 nitrogen and oxygen atoms in total. The molecule has 2 aromatic carbocycles. The maximum atomic E-state index is 6.04. The summed E-state index contributed by atoms with van der Waals surface area (Å²) in [4.78, 5) is 13.9. The van der Waals surface area contributed by atoms with Crippen LogP contribution in [0.2, 0.25) is 5.02 Å². The van der Waals surface area contributed by atoms with Crippen LogP contribution >= 0.6 is 11.6 Å². The molecule has 0 amide bonds. The van der Waals surface area contributed by atoms with Crippen molar-refractivity contribution < 1.29 is 0 Å². The molecule has 1 fully saturated rings. The van der Waals surface area contributed by atoms with Crippen LogP contribution in [0.1, 0.15) is 11.1 Å². The van der Waals surface area contributed by atoms with E-state index in [2.05, 4.69) is 50.4 Å². The van der Waals surface area contributed by atoms with E-state index >= 15 is 0 Å². The molecule has 1 aliphatic rings. The molecule has 1 saturated heterocycles. The van der Waals surface area contributed by atoms with E-state index in [0.29, 0.717) is 5.95 Å². The number of hydrogen-bond donors (Lipinski definition) is 1. The van der Waals surface area contributed by atoms with Gasteiger partial charge in [0.2, 0.25) is 5.95 Å². The molecular formula is C22H24ClN5. The van der Waals surface area contributed by atoms with Crippen LogP contribution in [0.5, 0.6) is 0 Å². The lowest BCUT2D eigenvalue weighted by atomic mass is 10.2. The van der Waals surface area contributed by atoms with E-state index in [1.54, 1.807) is 0 Å². The van der Waals surface area contributed by atoms with Gasteiger partial charge >= 0.3 is 0 Å². The van der Waals surface area contributed by atoms with E-state index in [-0.39, 0.29) is 0 Å². The normalized spacial score (nSPS) is 14.9. The molecule has 0 bridgehead atoms. The highest BCUT2D eigenvalue weighted by molar-refractivity contribution is 6.30. The highest BCUT2D eigenvalue weighted by atomic mass is 35.5. The number of piperazine rings is 1.